The largest absolute Gasteiger partial charge is 0.437 e. The molecule has 0 radical (unpaired) electrons. The lowest BCUT2D eigenvalue weighted by atomic mass is 9.85. The highest BCUT2D eigenvalue weighted by Crippen LogP contribution is 1.96. The van der Waals surface area contributed by atoms with Gasteiger partial charge in [0.25, 0.3) is 0 Å². The van der Waals surface area contributed by atoms with Crippen molar-refractivity contribution in [3.05, 3.63) is 48.7 Å². The molecule has 0 aliphatic carbocycles. The summed E-state index contributed by atoms with van der Waals surface area (Å²) in [4.78, 5) is 0. The molecule has 0 saturated heterocycles. The Morgan fingerprint density at radius 2 is 2.09 bits per heavy atom. The van der Waals surface area contributed by atoms with Gasteiger partial charge < -0.3 is 5.23 Å². The molecule has 0 saturated carbocycles. The van der Waals surface area contributed by atoms with Crippen LogP contribution in [0, 0.1) is 0 Å². The van der Waals surface area contributed by atoms with Gasteiger partial charge in [-0.1, -0.05) is 42.5 Å². The zero-order valence-corrected chi connectivity index (χ0v) is 6.59. The van der Waals surface area contributed by atoms with Gasteiger partial charge in [0.15, 0.2) is 0 Å². The second kappa shape index (κ2) is 4.61. The highest BCUT2D eigenvalue weighted by atomic mass is 14.7. The molecule has 0 atom stereocenters. The van der Waals surface area contributed by atoms with Crippen LogP contribution in [0.4, 0.5) is 0 Å². The van der Waals surface area contributed by atoms with Gasteiger partial charge in [-0.05, 0) is 12.5 Å². The Morgan fingerprint density at radius 1 is 1.36 bits per heavy atom. The number of benzene rings is 1. The van der Waals surface area contributed by atoms with E-state index in [0.29, 0.717) is 0 Å². The summed E-state index contributed by atoms with van der Waals surface area (Å²) in [6.45, 7) is 3.58. The molecule has 0 spiro atoms. The molecule has 0 fully saturated rings. The lowest BCUT2D eigenvalue weighted by Crippen LogP contribution is -2.13. The zero-order chi connectivity index (χ0) is 7.94. The van der Waals surface area contributed by atoms with Crippen LogP contribution in [0.25, 0.3) is 0 Å². The van der Waals surface area contributed by atoms with E-state index in [-0.39, 0.29) is 0 Å². The molecule has 1 rings (SSSR count). The van der Waals surface area contributed by atoms with Crippen molar-refractivity contribution in [1.82, 2.24) is 5.23 Å². The molecule has 1 N–H and O–H groups in total. The second-order valence-electron chi connectivity index (χ2n) is 2.39. The SMILES string of the molecule is C=CNBCc1ccccc1. The lowest BCUT2D eigenvalue weighted by molar-refractivity contribution is 1.28. The van der Waals surface area contributed by atoms with Crippen molar-refractivity contribution in [2.24, 2.45) is 0 Å². The van der Waals surface area contributed by atoms with Crippen molar-refractivity contribution in [1.29, 1.82) is 0 Å². The van der Waals surface area contributed by atoms with Crippen LogP contribution in [0.15, 0.2) is 43.1 Å². The van der Waals surface area contributed by atoms with Gasteiger partial charge in [-0.15, -0.1) is 0 Å². The summed E-state index contributed by atoms with van der Waals surface area (Å²) < 4.78 is 0. The molecule has 0 aliphatic rings. The second-order valence-corrected chi connectivity index (χ2v) is 2.39. The Balaban J connectivity index is 2.33. The van der Waals surface area contributed by atoms with E-state index in [1.54, 1.807) is 6.20 Å². The summed E-state index contributed by atoms with van der Waals surface area (Å²) in [5, 5.41) is 3.06. The van der Waals surface area contributed by atoms with Crippen molar-refractivity contribution >= 4 is 7.41 Å². The molecule has 1 aromatic rings. The Morgan fingerprint density at radius 3 is 2.73 bits per heavy atom. The summed E-state index contributed by atoms with van der Waals surface area (Å²) in [6, 6.07) is 10.4. The number of hydrogen-bond acceptors (Lipinski definition) is 1. The van der Waals surface area contributed by atoms with Gasteiger partial charge in [0.1, 0.15) is 0 Å². The maximum Gasteiger partial charge on any atom is 0.236 e. The smallest absolute Gasteiger partial charge is 0.236 e. The van der Waals surface area contributed by atoms with Crippen LogP contribution in [-0.4, -0.2) is 7.41 Å². The number of nitrogens with one attached hydrogen (secondary N) is 1. The third-order valence-corrected chi connectivity index (χ3v) is 1.55. The van der Waals surface area contributed by atoms with E-state index in [1.807, 2.05) is 6.07 Å². The van der Waals surface area contributed by atoms with Crippen LogP contribution >= 0.6 is 0 Å². The molecule has 1 nitrogen and oxygen atoms in total. The van der Waals surface area contributed by atoms with E-state index in [0.717, 1.165) is 13.7 Å². The third-order valence-electron chi connectivity index (χ3n) is 1.55. The number of hydrogen-bond donors (Lipinski definition) is 1. The minimum atomic E-state index is 0.966. The van der Waals surface area contributed by atoms with Crippen molar-refractivity contribution in [3.8, 4) is 0 Å². The van der Waals surface area contributed by atoms with Crippen LogP contribution in [0.1, 0.15) is 5.56 Å². The quantitative estimate of drug-likeness (QED) is 0.496. The Kier molecular flexibility index (Phi) is 3.32. The fourth-order valence-corrected chi connectivity index (χ4v) is 0.963. The molecule has 0 amide bonds. The third kappa shape index (κ3) is 2.94. The fourth-order valence-electron chi connectivity index (χ4n) is 0.963. The molecular formula is C9H12BN. The summed E-state index contributed by atoms with van der Waals surface area (Å²) in [5.41, 5.74) is 1.36. The summed E-state index contributed by atoms with van der Waals surface area (Å²) in [6.07, 6.45) is 2.79. The standard InChI is InChI=1S/C9H12BN/c1-2-11-10-8-9-6-4-3-5-7-9/h2-7,10-11H,1,8H2. The molecule has 0 heterocycles. The van der Waals surface area contributed by atoms with E-state index in [9.17, 15) is 0 Å². The molecule has 1 aromatic carbocycles. The predicted molar refractivity (Wildman–Crippen MR) is 50.6 cm³/mol. The van der Waals surface area contributed by atoms with Gasteiger partial charge in [0.05, 0.1) is 0 Å². The first-order valence-electron chi connectivity index (χ1n) is 3.81. The van der Waals surface area contributed by atoms with Crippen LogP contribution in [-0.2, 0) is 6.32 Å². The van der Waals surface area contributed by atoms with Crippen LogP contribution in [0.2, 0.25) is 0 Å². The fraction of sp³-hybridized carbons (Fsp3) is 0.111. The molecule has 0 unspecified atom stereocenters. The van der Waals surface area contributed by atoms with Crippen molar-refractivity contribution in [3.63, 3.8) is 0 Å². The maximum absolute atomic E-state index is 3.58. The first-order chi connectivity index (χ1) is 5.43. The molecule has 11 heavy (non-hydrogen) atoms. The van der Waals surface area contributed by atoms with Crippen molar-refractivity contribution in [2.45, 2.75) is 6.32 Å². The van der Waals surface area contributed by atoms with Gasteiger partial charge in [-0.2, -0.15) is 0 Å². The maximum atomic E-state index is 3.58. The lowest BCUT2D eigenvalue weighted by Gasteiger charge is -1.97. The molecule has 0 bridgehead atoms. The van der Waals surface area contributed by atoms with Gasteiger partial charge in [0.2, 0.25) is 7.41 Å². The molecule has 56 valence electrons. The van der Waals surface area contributed by atoms with E-state index in [1.165, 1.54) is 5.56 Å². The minimum absolute atomic E-state index is 0.966. The van der Waals surface area contributed by atoms with Gasteiger partial charge in [0, 0.05) is 0 Å². The van der Waals surface area contributed by atoms with Crippen molar-refractivity contribution in [2.75, 3.05) is 0 Å². The normalized spacial score (nSPS) is 8.73. The first-order valence-corrected chi connectivity index (χ1v) is 3.81. The van der Waals surface area contributed by atoms with E-state index < -0.39 is 0 Å². The Bertz CT molecular complexity index is 208. The van der Waals surface area contributed by atoms with E-state index in [2.05, 4.69) is 36.1 Å². The van der Waals surface area contributed by atoms with Crippen LogP contribution in [0.5, 0.6) is 0 Å². The first kappa shape index (κ1) is 7.93. The van der Waals surface area contributed by atoms with E-state index in [4.69, 9.17) is 0 Å². The van der Waals surface area contributed by atoms with Gasteiger partial charge in [-0.25, -0.2) is 0 Å². The Labute approximate surface area is 68.4 Å². The molecular weight excluding hydrogens is 133 g/mol. The zero-order valence-electron chi connectivity index (χ0n) is 6.59. The molecule has 2 heteroatoms. The summed E-state index contributed by atoms with van der Waals surface area (Å²) >= 11 is 0. The highest BCUT2D eigenvalue weighted by Gasteiger charge is 1.90. The average molecular weight is 145 g/mol. The monoisotopic (exact) mass is 145 g/mol. The predicted octanol–water partition coefficient (Wildman–Crippen LogP) is 1.27. The topological polar surface area (TPSA) is 12.0 Å². The summed E-state index contributed by atoms with van der Waals surface area (Å²) in [5.74, 6) is 0. The molecule has 0 aliphatic heterocycles. The van der Waals surface area contributed by atoms with Crippen LogP contribution < -0.4 is 5.23 Å². The van der Waals surface area contributed by atoms with Crippen molar-refractivity contribution < 1.29 is 0 Å². The van der Waals surface area contributed by atoms with Crippen LogP contribution in [0.3, 0.4) is 0 Å². The average Bonchev–Trinajstić information content (AvgIpc) is 2.07. The number of rotatable bonds is 4. The Hall–Kier alpha value is -1.18. The van der Waals surface area contributed by atoms with Gasteiger partial charge in [-0.3, -0.25) is 0 Å². The van der Waals surface area contributed by atoms with E-state index >= 15 is 0 Å². The van der Waals surface area contributed by atoms with Gasteiger partial charge >= 0.3 is 0 Å². The molecule has 0 aromatic heterocycles. The minimum Gasteiger partial charge on any atom is -0.437 e. The summed E-state index contributed by atoms with van der Waals surface area (Å²) in [7, 11) is 0.966. The highest BCUT2D eigenvalue weighted by molar-refractivity contribution is 6.32.